The van der Waals surface area contributed by atoms with Crippen LogP contribution in [0, 0.1) is 0 Å². The van der Waals surface area contributed by atoms with Gasteiger partial charge in [-0.1, -0.05) is 41.9 Å². The average molecular weight is 296 g/mol. The quantitative estimate of drug-likeness (QED) is 0.880. The van der Waals surface area contributed by atoms with E-state index in [4.69, 9.17) is 15.8 Å². The molecule has 0 radical (unpaired) electrons. The van der Waals surface area contributed by atoms with Crippen LogP contribution >= 0.6 is 11.6 Å². The maximum atomic E-state index is 11.7. The first kappa shape index (κ1) is 12.5. The van der Waals surface area contributed by atoms with Crippen molar-refractivity contribution in [1.82, 2.24) is 4.72 Å². The van der Waals surface area contributed by atoms with Crippen LogP contribution in [0.2, 0.25) is 5.02 Å². The molecule has 2 aromatic carbocycles. The summed E-state index contributed by atoms with van der Waals surface area (Å²) in [6.45, 7) is 0. The van der Waals surface area contributed by atoms with E-state index in [1.807, 2.05) is 30.3 Å². The number of nitrogens with one attached hydrogen (secondary N) is 1. The Hall–Kier alpha value is -1.56. The summed E-state index contributed by atoms with van der Waals surface area (Å²) >= 11 is 5.97. The zero-order valence-corrected chi connectivity index (χ0v) is 11.3. The third kappa shape index (κ3) is 2.45. The van der Waals surface area contributed by atoms with Crippen LogP contribution in [0.15, 0.2) is 48.5 Å². The van der Waals surface area contributed by atoms with Gasteiger partial charge in [-0.2, -0.15) is 13.1 Å². The molecule has 1 N–H and O–H groups in total. The molecule has 0 aliphatic carbocycles. The van der Waals surface area contributed by atoms with Gasteiger partial charge in [0.25, 0.3) is 0 Å². The largest absolute Gasteiger partial charge is 0.383 e. The van der Waals surface area contributed by atoms with E-state index in [1.54, 1.807) is 18.2 Å². The highest BCUT2D eigenvalue weighted by atomic mass is 35.5. The summed E-state index contributed by atoms with van der Waals surface area (Å²) in [5, 5.41) is 0.532. The molecule has 1 unspecified atom stereocenters. The molecule has 1 aliphatic heterocycles. The van der Waals surface area contributed by atoms with Gasteiger partial charge in [-0.25, -0.2) is 0 Å². The van der Waals surface area contributed by atoms with Crippen molar-refractivity contribution in [2.75, 3.05) is 0 Å². The molecule has 0 bridgehead atoms. The van der Waals surface area contributed by atoms with Crippen LogP contribution in [-0.2, 0) is 10.3 Å². The molecule has 1 aliphatic rings. The second-order valence-electron chi connectivity index (χ2n) is 4.18. The molecule has 4 nitrogen and oxygen atoms in total. The zero-order valence-electron chi connectivity index (χ0n) is 9.71. The number of hydrogen-bond donors (Lipinski definition) is 1. The molecule has 19 heavy (non-hydrogen) atoms. The molecule has 3 rings (SSSR count). The summed E-state index contributed by atoms with van der Waals surface area (Å²) in [6.07, 6.45) is 0. The number of fused-ring (bicyclic) bond motifs is 1. The first-order chi connectivity index (χ1) is 9.05. The number of hydrogen-bond acceptors (Lipinski definition) is 3. The standard InChI is InChI=1S/C13H10ClNO3S/c14-10-6-7-12-11(8-10)13(15-19(16,17)18-12)9-4-2-1-3-5-9/h1-8,13,15H. The van der Waals surface area contributed by atoms with Crippen LogP contribution in [0.25, 0.3) is 0 Å². The van der Waals surface area contributed by atoms with Gasteiger partial charge >= 0.3 is 10.3 Å². The first-order valence-corrected chi connectivity index (χ1v) is 7.40. The highest BCUT2D eigenvalue weighted by Gasteiger charge is 2.31. The van der Waals surface area contributed by atoms with Crippen LogP contribution < -0.4 is 8.91 Å². The van der Waals surface area contributed by atoms with E-state index < -0.39 is 16.3 Å². The maximum Gasteiger partial charge on any atom is 0.383 e. The van der Waals surface area contributed by atoms with Crippen LogP contribution in [0.1, 0.15) is 17.2 Å². The Bertz CT molecular complexity index is 716. The molecule has 2 aromatic rings. The normalized spacial score (nSPS) is 20.4. The van der Waals surface area contributed by atoms with E-state index in [-0.39, 0.29) is 0 Å². The van der Waals surface area contributed by atoms with Gasteiger partial charge in [0.15, 0.2) is 0 Å². The number of rotatable bonds is 1. The molecule has 6 heteroatoms. The minimum Gasteiger partial charge on any atom is -0.371 e. The Morgan fingerprint density at radius 1 is 1.11 bits per heavy atom. The summed E-state index contributed by atoms with van der Waals surface area (Å²) < 4.78 is 30.8. The molecule has 0 fully saturated rings. The summed E-state index contributed by atoms with van der Waals surface area (Å²) in [4.78, 5) is 0. The van der Waals surface area contributed by atoms with Crippen LogP contribution in [0.5, 0.6) is 5.75 Å². The second kappa shape index (κ2) is 4.52. The van der Waals surface area contributed by atoms with Crippen molar-refractivity contribution in [3.63, 3.8) is 0 Å². The third-order valence-corrected chi connectivity index (χ3v) is 4.04. The van der Waals surface area contributed by atoms with E-state index in [0.717, 1.165) is 5.56 Å². The molecule has 0 saturated heterocycles. The summed E-state index contributed by atoms with van der Waals surface area (Å²) in [6, 6.07) is 13.6. The minimum absolute atomic E-state index is 0.303. The van der Waals surface area contributed by atoms with Crippen molar-refractivity contribution < 1.29 is 12.6 Å². The van der Waals surface area contributed by atoms with Crippen molar-refractivity contribution in [3.05, 3.63) is 64.7 Å². The van der Waals surface area contributed by atoms with Gasteiger partial charge in [0.1, 0.15) is 5.75 Å². The Kier molecular flexibility index (Phi) is 2.97. The molecule has 0 amide bonds. The van der Waals surface area contributed by atoms with Crippen molar-refractivity contribution in [3.8, 4) is 5.75 Å². The lowest BCUT2D eigenvalue weighted by Crippen LogP contribution is -2.37. The van der Waals surface area contributed by atoms with Crippen molar-refractivity contribution in [2.24, 2.45) is 0 Å². The van der Waals surface area contributed by atoms with Crippen molar-refractivity contribution in [1.29, 1.82) is 0 Å². The smallest absolute Gasteiger partial charge is 0.371 e. The average Bonchev–Trinajstić information content (AvgIpc) is 2.39. The molecular formula is C13H10ClNO3S. The molecule has 0 saturated carbocycles. The molecule has 0 aromatic heterocycles. The Labute approximate surface area is 116 Å². The minimum atomic E-state index is -3.80. The van der Waals surface area contributed by atoms with Gasteiger partial charge in [0.05, 0.1) is 6.04 Å². The molecule has 1 heterocycles. The highest BCUT2D eigenvalue weighted by Crippen LogP contribution is 2.36. The molecular weight excluding hydrogens is 286 g/mol. The first-order valence-electron chi connectivity index (χ1n) is 5.61. The van der Waals surface area contributed by atoms with Crippen LogP contribution in [-0.4, -0.2) is 8.42 Å². The fourth-order valence-corrected chi connectivity index (χ4v) is 3.23. The lowest BCUT2D eigenvalue weighted by atomic mass is 9.99. The van der Waals surface area contributed by atoms with E-state index in [1.165, 1.54) is 0 Å². The summed E-state index contributed by atoms with van der Waals surface area (Å²) in [5.74, 6) is 0.303. The van der Waals surface area contributed by atoms with E-state index in [0.29, 0.717) is 16.3 Å². The maximum absolute atomic E-state index is 11.7. The fourth-order valence-electron chi connectivity index (χ4n) is 2.06. The van der Waals surface area contributed by atoms with Crippen LogP contribution in [0.4, 0.5) is 0 Å². The van der Waals surface area contributed by atoms with E-state index in [9.17, 15) is 8.42 Å². The monoisotopic (exact) mass is 295 g/mol. The van der Waals surface area contributed by atoms with Gasteiger partial charge in [-0.15, -0.1) is 0 Å². The summed E-state index contributed by atoms with van der Waals surface area (Å²) in [5.41, 5.74) is 1.53. The van der Waals surface area contributed by atoms with Gasteiger partial charge in [0, 0.05) is 10.6 Å². The zero-order chi connectivity index (χ0) is 13.5. The SMILES string of the molecule is O=S1(=O)NC(c2ccccc2)c2cc(Cl)ccc2O1. The molecule has 0 spiro atoms. The van der Waals surface area contributed by atoms with E-state index in [2.05, 4.69) is 4.72 Å². The van der Waals surface area contributed by atoms with Crippen molar-refractivity contribution in [2.45, 2.75) is 6.04 Å². The number of halogens is 1. The predicted octanol–water partition coefficient (Wildman–Crippen LogP) is 2.66. The molecule has 1 atom stereocenters. The van der Waals surface area contributed by atoms with Gasteiger partial charge in [0.2, 0.25) is 0 Å². The van der Waals surface area contributed by atoms with E-state index >= 15 is 0 Å². The van der Waals surface area contributed by atoms with Gasteiger partial charge in [-0.3, -0.25) is 0 Å². The second-order valence-corrected chi connectivity index (χ2v) is 5.93. The van der Waals surface area contributed by atoms with Crippen molar-refractivity contribution >= 4 is 21.9 Å². The fraction of sp³-hybridized carbons (Fsp3) is 0.0769. The Morgan fingerprint density at radius 3 is 2.58 bits per heavy atom. The predicted molar refractivity (Wildman–Crippen MR) is 72.4 cm³/mol. The Balaban J connectivity index is 2.18. The molecule has 98 valence electrons. The highest BCUT2D eigenvalue weighted by molar-refractivity contribution is 7.85. The lowest BCUT2D eigenvalue weighted by molar-refractivity contribution is 0.442. The lowest BCUT2D eigenvalue weighted by Gasteiger charge is -2.26. The topological polar surface area (TPSA) is 55.4 Å². The Morgan fingerprint density at radius 2 is 1.84 bits per heavy atom. The van der Waals surface area contributed by atoms with Gasteiger partial charge in [-0.05, 0) is 23.8 Å². The number of benzene rings is 2. The van der Waals surface area contributed by atoms with Crippen LogP contribution in [0.3, 0.4) is 0 Å². The summed E-state index contributed by atoms with van der Waals surface area (Å²) in [7, 11) is -3.80. The third-order valence-electron chi connectivity index (χ3n) is 2.88. The van der Waals surface area contributed by atoms with Gasteiger partial charge < -0.3 is 4.18 Å².